The maximum absolute atomic E-state index is 13.9. The molecule has 0 aliphatic heterocycles. The molecule has 1 amide bonds. The Balaban J connectivity index is 1.61. The standard InChI is InChI=1S/C31H29FN3O4P/c1-3-38-40(37,39-4-2)31(23-12-6-5-7-13-23)33-30(36)28-21-29(35(34-28)25-19-17-24(32)18-20-25)27-16-10-14-22-11-8-9-15-26(22)27/h5-21,31H,3-4H2,1-2H3,(H,33,36). The fourth-order valence-electron chi connectivity index (χ4n) is 4.64. The van der Waals surface area contributed by atoms with Crippen LogP contribution in [0.3, 0.4) is 0 Å². The zero-order valence-corrected chi connectivity index (χ0v) is 23.1. The zero-order chi connectivity index (χ0) is 28.1. The van der Waals surface area contributed by atoms with Gasteiger partial charge >= 0.3 is 7.60 Å². The normalized spacial score (nSPS) is 12.4. The topological polar surface area (TPSA) is 82.5 Å². The number of nitrogens with one attached hydrogen (secondary N) is 1. The molecule has 1 aromatic heterocycles. The summed E-state index contributed by atoms with van der Waals surface area (Å²) in [4.78, 5) is 13.8. The number of fused-ring (bicyclic) bond motifs is 1. The van der Waals surface area contributed by atoms with E-state index in [-0.39, 0.29) is 24.7 Å². The van der Waals surface area contributed by atoms with Crippen molar-refractivity contribution in [2.24, 2.45) is 0 Å². The van der Waals surface area contributed by atoms with Crippen molar-refractivity contribution in [3.8, 4) is 16.9 Å². The van der Waals surface area contributed by atoms with Gasteiger partial charge in [0.1, 0.15) is 5.82 Å². The first-order valence-electron chi connectivity index (χ1n) is 13.0. The van der Waals surface area contributed by atoms with Gasteiger partial charge in [0.25, 0.3) is 5.91 Å². The molecule has 7 nitrogen and oxygen atoms in total. The highest BCUT2D eigenvalue weighted by atomic mass is 31.2. The van der Waals surface area contributed by atoms with Crippen LogP contribution >= 0.6 is 7.60 Å². The Kier molecular flexibility index (Phi) is 8.21. The van der Waals surface area contributed by atoms with Crippen LogP contribution in [-0.4, -0.2) is 28.9 Å². The number of amides is 1. The van der Waals surface area contributed by atoms with E-state index >= 15 is 0 Å². The molecule has 0 saturated carbocycles. The number of benzene rings is 4. The van der Waals surface area contributed by atoms with Crippen LogP contribution in [0, 0.1) is 5.82 Å². The molecule has 0 aliphatic carbocycles. The number of carbonyl (C=O) groups excluding carboxylic acids is 1. The minimum atomic E-state index is -3.79. The number of rotatable bonds is 10. The number of nitrogens with zero attached hydrogens (tertiary/aromatic N) is 2. The van der Waals surface area contributed by atoms with Gasteiger partial charge in [-0.15, -0.1) is 0 Å². The van der Waals surface area contributed by atoms with Gasteiger partial charge in [-0.05, 0) is 60.5 Å². The average Bonchev–Trinajstić information content (AvgIpc) is 3.42. The van der Waals surface area contributed by atoms with Gasteiger partial charge in [-0.1, -0.05) is 72.8 Å². The highest BCUT2D eigenvalue weighted by Gasteiger charge is 2.38. The van der Waals surface area contributed by atoms with E-state index in [1.165, 1.54) is 12.1 Å². The molecule has 1 unspecified atom stereocenters. The summed E-state index contributed by atoms with van der Waals surface area (Å²) in [5, 5.41) is 9.48. The van der Waals surface area contributed by atoms with Crippen LogP contribution in [0.4, 0.5) is 4.39 Å². The van der Waals surface area contributed by atoms with Crippen molar-refractivity contribution in [1.82, 2.24) is 15.1 Å². The summed E-state index contributed by atoms with van der Waals surface area (Å²) in [5.74, 6) is -2.00. The monoisotopic (exact) mass is 557 g/mol. The molecule has 9 heteroatoms. The molecule has 204 valence electrons. The molecule has 40 heavy (non-hydrogen) atoms. The van der Waals surface area contributed by atoms with E-state index in [4.69, 9.17) is 9.05 Å². The second kappa shape index (κ2) is 12.0. The lowest BCUT2D eigenvalue weighted by molar-refractivity contribution is 0.0932. The second-order valence-corrected chi connectivity index (χ2v) is 11.1. The van der Waals surface area contributed by atoms with E-state index in [9.17, 15) is 13.8 Å². The average molecular weight is 558 g/mol. The number of carbonyl (C=O) groups is 1. The molecule has 1 atom stereocenters. The molecule has 0 spiro atoms. The first-order chi connectivity index (χ1) is 19.4. The smallest absolute Gasteiger partial charge is 0.333 e. The summed E-state index contributed by atoms with van der Waals surface area (Å²) in [6, 6.07) is 30.3. The van der Waals surface area contributed by atoms with Crippen LogP contribution in [0.25, 0.3) is 27.7 Å². The molecular weight excluding hydrogens is 528 g/mol. The van der Waals surface area contributed by atoms with E-state index < -0.39 is 19.3 Å². The molecule has 5 aromatic rings. The van der Waals surface area contributed by atoms with Crippen molar-refractivity contribution >= 4 is 24.3 Å². The largest absolute Gasteiger partial charge is 0.357 e. The quantitative estimate of drug-likeness (QED) is 0.180. The Morgan fingerprint density at radius 2 is 1.55 bits per heavy atom. The Morgan fingerprint density at radius 1 is 0.900 bits per heavy atom. The molecule has 1 heterocycles. The molecule has 0 bridgehead atoms. The third kappa shape index (κ3) is 5.61. The Bertz CT molecular complexity index is 1660. The number of halogens is 1. The predicted octanol–water partition coefficient (Wildman–Crippen LogP) is 7.53. The molecule has 4 aromatic carbocycles. The lowest BCUT2D eigenvalue weighted by atomic mass is 10.0. The van der Waals surface area contributed by atoms with Gasteiger partial charge < -0.3 is 14.4 Å². The van der Waals surface area contributed by atoms with E-state index in [1.807, 2.05) is 48.5 Å². The van der Waals surface area contributed by atoms with E-state index in [0.29, 0.717) is 16.9 Å². The number of hydrogen-bond donors (Lipinski definition) is 1. The highest BCUT2D eigenvalue weighted by Crippen LogP contribution is 2.59. The SMILES string of the molecule is CCOP(=O)(OCC)C(NC(=O)c1cc(-c2cccc3ccccc23)n(-c2ccc(F)cc2)n1)c1ccccc1. The molecule has 0 fully saturated rings. The van der Waals surface area contributed by atoms with Crippen LogP contribution in [0.2, 0.25) is 0 Å². The van der Waals surface area contributed by atoms with Crippen molar-refractivity contribution in [3.63, 3.8) is 0 Å². The highest BCUT2D eigenvalue weighted by molar-refractivity contribution is 7.54. The van der Waals surface area contributed by atoms with Gasteiger partial charge in [-0.2, -0.15) is 5.10 Å². The molecule has 5 rings (SSSR count). The minimum absolute atomic E-state index is 0.0905. The van der Waals surface area contributed by atoms with Crippen LogP contribution in [-0.2, 0) is 13.6 Å². The maximum atomic E-state index is 13.9. The van der Waals surface area contributed by atoms with Gasteiger partial charge in [0, 0.05) is 5.56 Å². The molecule has 0 radical (unpaired) electrons. The molecular formula is C31H29FN3O4P. The van der Waals surface area contributed by atoms with Gasteiger partial charge in [-0.3, -0.25) is 9.36 Å². The first kappa shape index (κ1) is 27.5. The van der Waals surface area contributed by atoms with Crippen molar-refractivity contribution in [2.45, 2.75) is 19.6 Å². The van der Waals surface area contributed by atoms with Gasteiger partial charge in [0.2, 0.25) is 0 Å². The van der Waals surface area contributed by atoms with Crippen molar-refractivity contribution in [3.05, 3.63) is 120 Å². The Labute approximate surface area is 232 Å². The van der Waals surface area contributed by atoms with Crippen LogP contribution < -0.4 is 5.32 Å². The number of hydrogen-bond acceptors (Lipinski definition) is 5. The second-order valence-electron chi connectivity index (χ2n) is 8.99. The van der Waals surface area contributed by atoms with E-state index in [1.54, 1.807) is 61.0 Å². The minimum Gasteiger partial charge on any atom is -0.333 e. The predicted molar refractivity (Wildman–Crippen MR) is 154 cm³/mol. The van der Waals surface area contributed by atoms with E-state index in [0.717, 1.165) is 16.3 Å². The van der Waals surface area contributed by atoms with Crippen molar-refractivity contribution < 1.29 is 22.8 Å². The first-order valence-corrected chi connectivity index (χ1v) is 14.6. The summed E-state index contributed by atoms with van der Waals surface area (Å²) in [7, 11) is -3.79. The fraction of sp³-hybridized carbons (Fsp3) is 0.161. The number of aromatic nitrogens is 2. The van der Waals surface area contributed by atoms with Gasteiger partial charge in [-0.25, -0.2) is 9.07 Å². The van der Waals surface area contributed by atoms with Crippen molar-refractivity contribution in [2.75, 3.05) is 13.2 Å². The summed E-state index contributed by atoms with van der Waals surface area (Å²) in [6.07, 6.45) is 0. The van der Waals surface area contributed by atoms with Crippen molar-refractivity contribution in [1.29, 1.82) is 0 Å². The Morgan fingerprint density at radius 3 is 2.25 bits per heavy atom. The summed E-state index contributed by atoms with van der Waals surface area (Å²) in [5.41, 5.74) is 2.74. The van der Waals surface area contributed by atoms with Crippen LogP contribution in [0.5, 0.6) is 0 Å². The lowest BCUT2D eigenvalue weighted by Gasteiger charge is -2.27. The third-order valence-corrected chi connectivity index (χ3v) is 8.69. The maximum Gasteiger partial charge on any atom is 0.357 e. The molecule has 1 N–H and O–H groups in total. The zero-order valence-electron chi connectivity index (χ0n) is 22.2. The van der Waals surface area contributed by atoms with Crippen LogP contribution in [0.15, 0.2) is 103 Å². The third-order valence-electron chi connectivity index (χ3n) is 6.40. The van der Waals surface area contributed by atoms with Gasteiger partial charge in [0.15, 0.2) is 11.5 Å². The Hall–Kier alpha value is -4.10. The summed E-state index contributed by atoms with van der Waals surface area (Å²) >= 11 is 0. The van der Waals surface area contributed by atoms with Crippen LogP contribution in [0.1, 0.15) is 35.7 Å². The fourth-order valence-corrected chi connectivity index (χ4v) is 6.54. The summed E-state index contributed by atoms with van der Waals surface area (Å²) < 4.78 is 40.4. The van der Waals surface area contributed by atoms with Gasteiger partial charge in [0.05, 0.1) is 24.6 Å². The van der Waals surface area contributed by atoms with E-state index in [2.05, 4.69) is 10.4 Å². The lowest BCUT2D eigenvalue weighted by Crippen LogP contribution is -2.30. The molecule has 0 saturated heterocycles. The summed E-state index contributed by atoms with van der Waals surface area (Å²) in [6.45, 7) is 3.72. The molecule has 0 aliphatic rings.